The lowest BCUT2D eigenvalue weighted by atomic mass is 10.2. The molecule has 0 unspecified atom stereocenters. The van der Waals surface area contributed by atoms with Crippen molar-refractivity contribution in [3.63, 3.8) is 0 Å². The average molecular weight is 212 g/mol. The van der Waals surface area contributed by atoms with Crippen molar-refractivity contribution >= 4 is 23.2 Å². The zero-order valence-electron chi connectivity index (χ0n) is 8.02. The highest BCUT2D eigenvalue weighted by Crippen LogP contribution is 2.01. The van der Waals surface area contributed by atoms with E-state index in [4.69, 9.17) is 27.9 Å². The molecular formula is C9H12N2O2S. The number of carboxylic acids is 1. The van der Waals surface area contributed by atoms with Gasteiger partial charge in [-0.1, -0.05) is 12.2 Å². The van der Waals surface area contributed by atoms with Crippen molar-refractivity contribution in [2.45, 2.75) is 13.8 Å². The Morgan fingerprint density at radius 1 is 1.64 bits per heavy atom. The highest BCUT2D eigenvalue weighted by atomic mass is 32.1. The second kappa shape index (κ2) is 6.04. The van der Waals surface area contributed by atoms with Gasteiger partial charge in [-0.05, 0) is 19.1 Å². The maximum Gasteiger partial charge on any atom is 0.300 e. The van der Waals surface area contributed by atoms with Crippen LogP contribution in [0.2, 0.25) is 0 Å². The summed E-state index contributed by atoms with van der Waals surface area (Å²) in [6, 6.07) is 3.69. The van der Waals surface area contributed by atoms with E-state index < -0.39 is 5.97 Å². The number of aromatic nitrogens is 1. The Morgan fingerprint density at radius 3 is 2.43 bits per heavy atom. The average Bonchev–Trinajstić information content (AvgIpc) is 2.03. The zero-order valence-corrected chi connectivity index (χ0v) is 8.84. The lowest BCUT2D eigenvalue weighted by molar-refractivity contribution is -0.134. The van der Waals surface area contributed by atoms with Crippen LogP contribution < -0.4 is 5.73 Å². The van der Waals surface area contributed by atoms with Gasteiger partial charge in [0.1, 0.15) is 4.99 Å². The van der Waals surface area contributed by atoms with Crippen molar-refractivity contribution in [2.75, 3.05) is 0 Å². The molecule has 0 atom stereocenters. The number of carbonyl (C=O) groups is 1. The monoisotopic (exact) mass is 212 g/mol. The molecule has 14 heavy (non-hydrogen) atoms. The van der Waals surface area contributed by atoms with E-state index in [1.807, 2.05) is 19.1 Å². The van der Waals surface area contributed by atoms with Crippen LogP contribution in [0.4, 0.5) is 0 Å². The van der Waals surface area contributed by atoms with Crippen LogP contribution in [0.1, 0.15) is 18.2 Å². The van der Waals surface area contributed by atoms with Crippen LogP contribution in [0, 0.1) is 6.92 Å². The van der Waals surface area contributed by atoms with Crippen molar-refractivity contribution in [3.8, 4) is 0 Å². The minimum absolute atomic E-state index is 0.408. The molecular weight excluding hydrogens is 200 g/mol. The van der Waals surface area contributed by atoms with Crippen LogP contribution in [0.3, 0.4) is 0 Å². The van der Waals surface area contributed by atoms with Gasteiger partial charge in [-0.2, -0.15) is 0 Å². The SMILES string of the molecule is CC(=O)O.Cc1ncccc1C(N)=S. The van der Waals surface area contributed by atoms with Gasteiger partial charge in [0.25, 0.3) is 5.97 Å². The first-order valence-corrected chi connectivity index (χ1v) is 4.27. The summed E-state index contributed by atoms with van der Waals surface area (Å²) in [5.41, 5.74) is 7.15. The molecule has 3 N–H and O–H groups in total. The van der Waals surface area contributed by atoms with E-state index in [9.17, 15) is 0 Å². The fraction of sp³-hybridized carbons (Fsp3) is 0.222. The smallest absolute Gasteiger partial charge is 0.300 e. The van der Waals surface area contributed by atoms with Crippen LogP contribution in [0.5, 0.6) is 0 Å². The van der Waals surface area contributed by atoms with Gasteiger partial charge in [0.05, 0.1) is 0 Å². The van der Waals surface area contributed by atoms with E-state index in [1.165, 1.54) is 0 Å². The first-order chi connectivity index (χ1) is 6.45. The second-order valence-corrected chi connectivity index (χ2v) is 2.96. The predicted molar refractivity (Wildman–Crippen MR) is 58.2 cm³/mol. The Balaban J connectivity index is 0.000000364. The predicted octanol–water partition coefficient (Wildman–Crippen LogP) is 1.12. The molecule has 0 saturated carbocycles. The fourth-order valence-electron chi connectivity index (χ4n) is 0.745. The van der Waals surface area contributed by atoms with Crippen molar-refractivity contribution in [2.24, 2.45) is 5.73 Å². The lowest BCUT2D eigenvalue weighted by Crippen LogP contribution is -2.11. The van der Waals surface area contributed by atoms with Gasteiger partial charge in [0, 0.05) is 24.4 Å². The van der Waals surface area contributed by atoms with Crippen molar-refractivity contribution < 1.29 is 9.90 Å². The molecule has 0 spiro atoms. The fourth-order valence-corrected chi connectivity index (χ4v) is 0.960. The van der Waals surface area contributed by atoms with Gasteiger partial charge in [0.15, 0.2) is 0 Å². The molecule has 0 aliphatic carbocycles. The van der Waals surface area contributed by atoms with E-state index in [0.29, 0.717) is 4.99 Å². The minimum Gasteiger partial charge on any atom is -0.481 e. The standard InChI is InChI=1S/C7H8N2S.C2H4O2/c1-5-6(7(8)10)3-2-4-9-5;1-2(3)4/h2-4H,1H3,(H2,8,10);1H3,(H,3,4). The van der Waals surface area contributed by atoms with Crippen LogP contribution in [0.25, 0.3) is 0 Å². The molecule has 1 rings (SSSR count). The molecule has 0 amide bonds. The summed E-state index contributed by atoms with van der Waals surface area (Å²) in [6.45, 7) is 2.97. The summed E-state index contributed by atoms with van der Waals surface area (Å²) in [4.78, 5) is 13.4. The number of carboxylic acid groups (broad SMARTS) is 1. The molecule has 0 saturated heterocycles. The quantitative estimate of drug-likeness (QED) is 0.682. The Bertz CT molecular complexity index is 335. The molecule has 0 aliphatic heterocycles. The molecule has 0 aliphatic rings. The van der Waals surface area contributed by atoms with Crippen LogP contribution in [0.15, 0.2) is 18.3 Å². The Kier molecular flexibility index (Phi) is 5.40. The summed E-state index contributed by atoms with van der Waals surface area (Å²) < 4.78 is 0. The third kappa shape index (κ3) is 5.21. The third-order valence-electron chi connectivity index (χ3n) is 1.27. The molecule has 1 heterocycles. The molecule has 1 aromatic rings. The number of aliphatic carboxylic acids is 1. The molecule has 0 fully saturated rings. The molecule has 0 radical (unpaired) electrons. The summed E-state index contributed by atoms with van der Waals surface area (Å²) in [5, 5.41) is 7.42. The normalized spacial score (nSPS) is 8.43. The number of pyridine rings is 1. The van der Waals surface area contributed by atoms with E-state index in [-0.39, 0.29) is 0 Å². The van der Waals surface area contributed by atoms with Crippen molar-refractivity contribution in [1.29, 1.82) is 0 Å². The van der Waals surface area contributed by atoms with Crippen LogP contribution >= 0.6 is 12.2 Å². The number of thiocarbonyl (C=S) groups is 1. The highest BCUT2D eigenvalue weighted by molar-refractivity contribution is 7.80. The second-order valence-electron chi connectivity index (χ2n) is 2.52. The van der Waals surface area contributed by atoms with E-state index in [0.717, 1.165) is 18.2 Å². The number of rotatable bonds is 1. The first-order valence-electron chi connectivity index (χ1n) is 3.86. The molecule has 0 bridgehead atoms. The molecule has 4 nitrogen and oxygen atoms in total. The van der Waals surface area contributed by atoms with Gasteiger partial charge >= 0.3 is 0 Å². The topological polar surface area (TPSA) is 76.2 Å². The maximum absolute atomic E-state index is 9.00. The van der Waals surface area contributed by atoms with Crippen LogP contribution in [-0.4, -0.2) is 21.0 Å². The van der Waals surface area contributed by atoms with Crippen LogP contribution in [-0.2, 0) is 4.79 Å². The first kappa shape index (κ1) is 12.5. The van der Waals surface area contributed by atoms with Gasteiger partial charge in [-0.15, -0.1) is 0 Å². The summed E-state index contributed by atoms with van der Waals surface area (Å²) in [6.07, 6.45) is 1.72. The van der Waals surface area contributed by atoms with Crippen molar-refractivity contribution in [3.05, 3.63) is 29.6 Å². The Labute approximate surface area is 87.8 Å². The Morgan fingerprint density at radius 2 is 2.14 bits per heavy atom. The summed E-state index contributed by atoms with van der Waals surface area (Å²) in [7, 11) is 0. The summed E-state index contributed by atoms with van der Waals surface area (Å²) in [5.74, 6) is -0.833. The highest BCUT2D eigenvalue weighted by Gasteiger charge is 1.98. The molecule has 1 aromatic heterocycles. The van der Waals surface area contributed by atoms with E-state index >= 15 is 0 Å². The Hall–Kier alpha value is -1.49. The third-order valence-corrected chi connectivity index (χ3v) is 1.49. The summed E-state index contributed by atoms with van der Waals surface area (Å²) >= 11 is 4.79. The number of hydrogen-bond acceptors (Lipinski definition) is 3. The molecule has 5 heteroatoms. The lowest BCUT2D eigenvalue weighted by Gasteiger charge is -1.99. The minimum atomic E-state index is -0.833. The number of aryl methyl sites for hydroxylation is 1. The molecule has 76 valence electrons. The van der Waals surface area contributed by atoms with E-state index in [1.54, 1.807) is 6.20 Å². The zero-order chi connectivity index (χ0) is 11.1. The number of nitrogens with two attached hydrogens (primary N) is 1. The van der Waals surface area contributed by atoms with Gasteiger partial charge < -0.3 is 10.8 Å². The van der Waals surface area contributed by atoms with Crippen molar-refractivity contribution in [1.82, 2.24) is 4.98 Å². The number of hydrogen-bond donors (Lipinski definition) is 2. The molecule has 0 aromatic carbocycles. The largest absolute Gasteiger partial charge is 0.481 e. The van der Waals surface area contributed by atoms with Gasteiger partial charge in [-0.25, -0.2) is 0 Å². The maximum atomic E-state index is 9.00. The van der Waals surface area contributed by atoms with E-state index in [2.05, 4.69) is 4.98 Å². The number of nitrogens with zero attached hydrogens (tertiary/aromatic N) is 1. The van der Waals surface area contributed by atoms with Gasteiger partial charge in [-0.3, -0.25) is 9.78 Å². The van der Waals surface area contributed by atoms with Gasteiger partial charge in [0.2, 0.25) is 0 Å².